The number of fused-ring (bicyclic) bond motifs is 1. The summed E-state index contributed by atoms with van der Waals surface area (Å²) in [7, 11) is -3.17. The van der Waals surface area contributed by atoms with E-state index in [0.29, 0.717) is 45.6 Å². The van der Waals surface area contributed by atoms with Crippen LogP contribution in [0.25, 0.3) is 0 Å². The fraction of sp³-hybridized carbons (Fsp3) is 0.765. The molecule has 2 aliphatic rings. The third-order valence-corrected chi connectivity index (χ3v) is 6.90. The van der Waals surface area contributed by atoms with Crippen molar-refractivity contribution in [1.82, 2.24) is 14.3 Å². The van der Waals surface area contributed by atoms with Gasteiger partial charge in [-0.3, -0.25) is 0 Å². The SMILES string of the molecule is CCCCS(=O)(=O)N1CCc2nc(N3CCOCC3)nc(C)c2CC1. The van der Waals surface area contributed by atoms with Crippen LogP contribution in [0.4, 0.5) is 5.95 Å². The topological polar surface area (TPSA) is 75.6 Å². The minimum atomic E-state index is -3.17. The van der Waals surface area contributed by atoms with Crippen LogP contribution in [0.3, 0.4) is 0 Å². The van der Waals surface area contributed by atoms with E-state index < -0.39 is 10.0 Å². The highest BCUT2D eigenvalue weighted by Crippen LogP contribution is 2.22. The third kappa shape index (κ3) is 4.30. The zero-order valence-electron chi connectivity index (χ0n) is 15.2. The number of ether oxygens (including phenoxy) is 1. The Balaban J connectivity index is 1.78. The number of aromatic nitrogens is 2. The molecule has 1 aromatic rings. The first-order chi connectivity index (χ1) is 12.0. The van der Waals surface area contributed by atoms with Gasteiger partial charge < -0.3 is 9.64 Å². The molecule has 0 N–H and O–H groups in total. The molecule has 0 aromatic carbocycles. The number of rotatable bonds is 5. The minimum absolute atomic E-state index is 0.240. The van der Waals surface area contributed by atoms with Crippen LogP contribution in [0.1, 0.15) is 36.7 Å². The Morgan fingerprint density at radius 3 is 2.52 bits per heavy atom. The number of sulfonamides is 1. The molecule has 0 atom stereocenters. The summed E-state index contributed by atoms with van der Waals surface area (Å²) in [5, 5.41) is 0. The predicted octanol–water partition coefficient (Wildman–Crippen LogP) is 1.15. The molecule has 1 aromatic heterocycles. The van der Waals surface area contributed by atoms with Crippen LogP contribution in [-0.2, 0) is 27.6 Å². The highest BCUT2D eigenvalue weighted by atomic mass is 32.2. The van der Waals surface area contributed by atoms with Gasteiger partial charge in [0.2, 0.25) is 16.0 Å². The number of morpholine rings is 1. The van der Waals surface area contributed by atoms with Crippen molar-refractivity contribution in [2.24, 2.45) is 0 Å². The van der Waals surface area contributed by atoms with Crippen LogP contribution >= 0.6 is 0 Å². The monoisotopic (exact) mass is 368 g/mol. The Labute approximate surface area is 150 Å². The molecular formula is C17H28N4O3S. The molecule has 0 saturated carbocycles. The molecule has 0 radical (unpaired) electrons. The first-order valence-corrected chi connectivity index (χ1v) is 10.8. The summed E-state index contributed by atoms with van der Waals surface area (Å²) in [6, 6.07) is 0. The van der Waals surface area contributed by atoms with E-state index in [1.807, 2.05) is 13.8 Å². The van der Waals surface area contributed by atoms with Crippen LogP contribution in [0.15, 0.2) is 0 Å². The second-order valence-electron chi connectivity index (χ2n) is 6.70. The summed E-state index contributed by atoms with van der Waals surface area (Å²) in [4.78, 5) is 11.6. The third-order valence-electron chi connectivity index (χ3n) is 4.94. The molecule has 8 heteroatoms. The molecule has 1 saturated heterocycles. The number of hydrogen-bond acceptors (Lipinski definition) is 6. The van der Waals surface area contributed by atoms with Gasteiger partial charge in [-0.25, -0.2) is 22.7 Å². The average molecular weight is 369 g/mol. The summed E-state index contributed by atoms with van der Waals surface area (Å²) in [5.74, 6) is 0.991. The second kappa shape index (κ2) is 7.97. The van der Waals surface area contributed by atoms with Crippen molar-refractivity contribution < 1.29 is 13.2 Å². The van der Waals surface area contributed by atoms with Gasteiger partial charge in [0, 0.05) is 38.3 Å². The first kappa shape index (κ1) is 18.5. The van der Waals surface area contributed by atoms with E-state index in [-0.39, 0.29) is 5.75 Å². The Kier molecular flexibility index (Phi) is 5.91. The molecule has 3 rings (SSSR count). The Morgan fingerprint density at radius 2 is 1.80 bits per heavy atom. The van der Waals surface area contributed by atoms with Crippen molar-refractivity contribution in [2.75, 3.05) is 50.0 Å². The van der Waals surface area contributed by atoms with E-state index in [0.717, 1.165) is 42.4 Å². The molecule has 0 bridgehead atoms. The van der Waals surface area contributed by atoms with Gasteiger partial charge in [-0.05, 0) is 25.3 Å². The first-order valence-electron chi connectivity index (χ1n) is 9.18. The summed E-state index contributed by atoms with van der Waals surface area (Å²) < 4.78 is 32.1. The van der Waals surface area contributed by atoms with E-state index in [2.05, 4.69) is 9.88 Å². The fourth-order valence-corrected chi connectivity index (χ4v) is 5.04. The van der Waals surface area contributed by atoms with E-state index in [1.165, 1.54) is 0 Å². The number of nitrogens with zero attached hydrogens (tertiary/aromatic N) is 4. The predicted molar refractivity (Wildman–Crippen MR) is 97.5 cm³/mol. The molecular weight excluding hydrogens is 340 g/mol. The van der Waals surface area contributed by atoms with Gasteiger partial charge >= 0.3 is 0 Å². The van der Waals surface area contributed by atoms with Gasteiger partial charge in [0.1, 0.15) is 0 Å². The molecule has 0 unspecified atom stereocenters. The van der Waals surface area contributed by atoms with Crippen molar-refractivity contribution in [2.45, 2.75) is 39.5 Å². The number of unbranched alkanes of at least 4 members (excludes halogenated alkanes) is 1. The van der Waals surface area contributed by atoms with E-state index in [1.54, 1.807) is 4.31 Å². The number of aryl methyl sites for hydroxylation is 1. The maximum atomic E-state index is 12.5. The zero-order chi connectivity index (χ0) is 17.9. The van der Waals surface area contributed by atoms with Crippen LogP contribution < -0.4 is 4.90 Å². The van der Waals surface area contributed by atoms with Gasteiger partial charge in [-0.15, -0.1) is 0 Å². The molecule has 0 aliphatic carbocycles. The van der Waals surface area contributed by atoms with Gasteiger partial charge in [0.25, 0.3) is 0 Å². The lowest BCUT2D eigenvalue weighted by Crippen LogP contribution is -2.37. The second-order valence-corrected chi connectivity index (χ2v) is 8.79. The van der Waals surface area contributed by atoms with Crippen molar-refractivity contribution in [3.63, 3.8) is 0 Å². The molecule has 7 nitrogen and oxygen atoms in total. The van der Waals surface area contributed by atoms with E-state index >= 15 is 0 Å². The van der Waals surface area contributed by atoms with Crippen molar-refractivity contribution in [3.8, 4) is 0 Å². The summed E-state index contributed by atoms with van der Waals surface area (Å²) >= 11 is 0. The maximum Gasteiger partial charge on any atom is 0.225 e. The summed E-state index contributed by atoms with van der Waals surface area (Å²) in [6.45, 7) is 8.06. The van der Waals surface area contributed by atoms with Crippen LogP contribution in [-0.4, -0.2) is 67.8 Å². The van der Waals surface area contributed by atoms with Crippen LogP contribution in [0.2, 0.25) is 0 Å². The van der Waals surface area contributed by atoms with Crippen molar-refractivity contribution in [3.05, 3.63) is 17.0 Å². The Hall–Kier alpha value is -1.25. The number of anilines is 1. The normalized spacial score (nSPS) is 19.5. The molecule has 1 fully saturated rings. The molecule has 2 aliphatic heterocycles. The highest BCUT2D eigenvalue weighted by molar-refractivity contribution is 7.89. The molecule has 140 valence electrons. The van der Waals surface area contributed by atoms with Crippen LogP contribution in [0.5, 0.6) is 0 Å². The van der Waals surface area contributed by atoms with Gasteiger partial charge in [0.15, 0.2) is 0 Å². The molecule has 25 heavy (non-hydrogen) atoms. The summed E-state index contributed by atoms with van der Waals surface area (Å²) in [5.41, 5.74) is 3.09. The minimum Gasteiger partial charge on any atom is -0.378 e. The smallest absolute Gasteiger partial charge is 0.225 e. The van der Waals surface area contributed by atoms with Gasteiger partial charge in [0.05, 0.1) is 24.7 Å². The summed E-state index contributed by atoms with van der Waals surface area (Å²) in [6.07, 6.45) is 2.95. The fourth-order valence-electron chi connectivity index (χ4n) is 3.39. The average Bonchev–Trinajstić information content (AvgIpc) is 2.84. The Morgan fingerprint density at radius 1 is 1.08 bits per heavy atom. The largest absolute Gasteiger partial charge is 0.378 e. The zero-order valence-corrected chi connectivity index (χ0v) is 16.0. The number of hydrogen-bond donors (Lipinski definition) is 0. The van der Waals surface area contributed by atoms with Crippen molar-refractivity contribution in [1.29, 1.82) is 0 Å². The molecule has 0 spiro atoms. The molecule has 3 heterocycles. The lowest BCUT2D eigenvalue weighted by Gasteiger charge is -2.27. The quantitative estimate of drug-likeness (QED) is 0.776. The standard InChI is InChI=1S/C17H28N4O3S/c1-3-4-13-25(22,23)21-7-5-15-14(2)18-17(19-16(15)6-8-21)20-9-11-24-12-10-20/h3-13H2,1-2H3. The lowest BCUT2D eigenvalue weighted by molar-refractivity contribution is 0.122. The van der Waals surface area contributed by atoms with E-state index in [4.69, 9.17) is 9.72 Å². The lowest BCUT2D eigenvalue weighted by atomic mass is 10.1. The van der Waals surface area contributed by atoms with E-state index in [9.17, 15) is 8.42 Å². The Bertz CT molecular complexity index is 702. The molecule has 0 amide bonds. The van der Waals surface area contributed by atoms with Crippen LogP contribution in [0, 0.1) is 6.92 Å². The van der Waals surface area contributed by atoms with Gasteiger partial charge in [-0.1, -0.05) is 13.3 Å². The maximum absolute atomic E-state index is 12.5. The van der Waals surface area contributed by atoms with Crippen molar-refractivity contribution >= 4 is 16.0 Å². The highest BCUT2D eigenvalue weighted by Gasteiger charge is 2.27. The van der Waals surface area contributed by atoms with Gasteiger partial charge in [-0.2, -0.15) is 0 Å².